The van der Waals surface area contributed by atoms with Crippen molar-refractivity contribution < 1.29 is 18.3 Å². The molecule has 1 saturated heterocycles. The van der Waals surface area contributed by atoms with Crippen molar-refractivity contribution >= 4 is 15.8 Å². The van der Waals surface area contributed by atoms with Crippen LogP contribution in [0.25, 0.3) is 0 Å². The van der Waals surface area contributed by atoms with Crippen LogP contribution >= 0.6 is 0 Å². The second-order valence-corrected chi connectivity index (χ2v) is 7.11. The first-order valence-electron chi connectivity index (χ1n) is 6.16. The van der Waals surface area contributed by atoms with Gasteiger partial charge < -0.3 is 5.11 Å². The molecule has 1 aromatic rings. The Morgan fingerprint density at radius 2 is 2.00 bits per heavy atom. The molecule has 0 aromatic heterocycles. The lowest BCUT2D eigenvalue weighted by atomic mass is 9.95. The summed E-state index contributed by atoms with van der Waals surface area (Å²) < 4.78 is 23.4. The number of sulfone groups is 1. The summed E-state index contributed by atoms with van der Waals surface area (Å²) in [7, 11) is -3.28. The Labute approximate surface area is 112 Å². The Bertz CT molecular complexity index is 555. The third-order valence-electron chi connectivity index (χ3n) is 3.41. The van der Waals surface area contributed by atoms with Gasteiger partial charge in [0.2, 0.25) is 0 Å². The van der Waals surface area contributed by atoms with E-state index in [0.29, 0.717) is 19.4 Å². The Morgan fingerprint density at radius 1 is 1.32 bits per heavy atom. The summed E-state index contributed by atoms with van der Waals surface area (Å²) in [5.74, 6) is -1.34. The molecule has 5 nitrogen and oxygen atoms in total. The maximum Gasteiger partial charge on any atom is 0.324 e. The van der Waals surface area contributed by atoms with Crippen molar-refractivity contribution in [1.29, 1.82) is 0 Å². The lowest BCUT2D eigenvalue weighted by Crippen LogP contribution is -2.58. The minimum atomic E-state index is -3.28. The molecule has 0 aliphatic carbocycles. The molecular weight excluding hydrogens is 266 g/mol. The quantitative estimate of drug-likeness (QED) is 0.854. The molecule has 1 heterocycles. The van der Waals surface area contributed by atoms with E-state index in [0.717, 1.165) is 5.56 Å². The first-order valence-corrected chi connectivity index (χ1v) is 7.98. The summed E-state index contributed by atoms with van der Waals surface area (Å²) in [6.07, 6.45) is 0.727. The molecular formula is C13H17NO4S. The molecule has 2 rings (SSSR count). The van der Waals surface area contributed by atoms with Crippen molar-refractivity contribution in [1.82, 2.24) is 5.32 Å². The van der Waals surface area contributed by atoms with Crippen LogP contribution in [0.15, 0.2) is 30.3 Å². The van der Waals surface area contributed by atoms with Crippen LogP contribution in [0, 0.1) is 0 Å². The zero-order valence-corrected chi connectivity index (χ0v) is 11.3. The molecule has 0 radical (unpaired) electrons. The van der Waals surface area contributed by atoms with Crippen LogP contribution in [0.3, 0.4) is 0 Å². The van der Waals surface area contributed by atoms with Crippen molar-refractivity contribution in [3.8, 4) is 0 Å². The third kappa shape index (κ3) is 3.33. The van der Waals surface area contributed by atoms with Crippen LogP contribution in [-0.4, -0.2) is 36.5 Å². The summed E-state index contributed by atoms with van der Waals surface area (Å²) in [5.41, 5.74) is -0.418. The second kappa shape index (κ2) is 5.30. The molecule has 0 spiro atoms. The average molecular weight is 283 g/mol. The van der Waals surface area contributed by atoms with E-state index in [9.17, 15) is 18.3 Å². The van der Waals surface area contributed by atoms with Crippen molar-refractivity contribution in [2.45, 2.75) is 24.9 Å². The van der Waals surface area contributed by atoms with Gasteiger partial charge in [-0.3, -0.25) is 10.1 Å². The number of carboxylic acid groups (broad SMARTS) is 1. The number of hydrogen-bond acceptors (Lipinski definition) is 4. The lowest BCUT2D eigenvalue weighted by molar-refractivity contribution is -0.144. The Hall–Kier alpha value is -1.40. The summed E-state index contributed by atoms with van der Waals surface area (Å²) in [5, 5.41) is 12.3. The number of carboxylic acids is 1. The second-order valence-electron chi connectivity index (χ2n) is 4.92. The Balaban J connectivity index is 2.14. The number of aliphatic carboxylic acids is 1. The molecule has 1 unspecified atom stereocenters. The fourth-order valence-electron chi connectivity index (χ4n) is 2.36. The minimum Gasteiger partial charge on any atom is -0.480 e. The van der Waals surface area contributed by atoms with Gasteiger partial charge in [0.05, 0.1) is 11.5 Å². The molecule has 1 aliphatic heterocycles. The molecule has 2 N–H and O–H groups in total. The topological polar surface area (TPSA) is 83.5 Å². The predicted octanol–water partition coefficient (Wildman–Crippen LogP) is 0.808. The maximum absolute atomic E-state index is 11.7. The van der Waals surface area contributed by atoms with Crippen LogP contribution in [0.5, 0.6) is 0 Å². The fourth-order valence-corrected chi connectivity index (χ4v) is 4.21. The lowest BCUT2D eigenvalue weighted by Gasteiger charge is -2.33. The smallest absolute Gasteiger partial charge is 0.324 e. The minimum absolute atomic E-state index is 0.0784. The average Bonchev–Trinajstić information content (AvgIpc) is 2.36. The number of hydrogen-bond donors (Lipinski definition) is 2. The van der Waals surface area contributed by atoms with Gasteiger partial charge in [0.25, 0.3) is 0 Å². The van der Waals surface area contributed by atoms with Gasteiger partial charge in [0.15, 0.2) is 9.84 Å². The Kier molecular flexibility index (Phi) is 3.91. The first kappa shape index (κ1) is 14.0. The van der Waals surface area contributed by atoms with E-state index >= 15 is 0 Å². The SMILES string of the molecule is O=C(O)C1(NCc2ccccc2)CCCS(=O)(=O)C1. The van der Waals surface area contributed by atoms with Crippen LogP contribution in [-0.2, 0) is 21.2 Å². The highest BCUT2D eigenvalue weighted by Gasteiger charge is 2.44. The van der Waals surface area contributed by atoms with E-state index in [-0.39, 0.29) is 11.5 Å². The van der Waals surface area contributed by atoms with Gasteiger partial charge in [-0.2, -0.15) is 0 Å². The molecule has 1 aliphatic rings. The van der Waals surface area contributed by atoms with Gasteiger partial charge in [0.1, 0.15) is 5.54 Å². The van der Waals surface area contributed by atoms with E-state index in [4.69, 9.17) is 0 Å². The van der Waals surface area contributed by atoms with E-state index in [1.807, 2.05) is 30.3 Å². The van der Waals surface area contributed by atoms with Gasteiger partial charge in [-0.25, -0.2) is 8.42 Å². The molecule has 6 heteroatoms. The first-order chi connectivity index (χ1) is 8.94. The third-order valence-corrected chi connectivity index (χ3v) is 5.25. The molecule has 19 heavy (non-hydrogen) atoms. The molecule has 1 aromatic carbocycles. The molecule has 0 saturated carbocycles. The van der Waals surface area contributed by atoms with Crippen LogP contribution in [0.4, 0.5) is 0 Å². The number of rotatable bonds is 4. The van der Waals surface area contributed by atoms with Gasteiger partial charge in [-0.15, -0.1) is 0 Å². The summed E-state index contributed by atoms with van der Waals surface area (Å²) >= 11 is 0. The van der Waals surface area contributed by atoms with E-state index in [2.05, 4.69) is 5.32 Å². The van der Waals surface area contributed by atoms with Crippen LogP contribution < -0.4 is 5.32 Å². The molecule has 1 fully saturated rings. The van der Waals surface area contributed by atoms with Crippen molar-refractivity contribution in [3.63, 3.8) is 0 Å². The van der Waals surface area contributed by atoms with Crippen molar-refractivity contribution in [2.24, 2.45) is 0 Å². The molecule has 104 valence electrons. The highest BCUT2D eigenvalue weighted by atomic mass is 32.2. The van der Waals surface area contributed by atoms with Gasteiger partial charge in [0, 0.05) is 6.54 Å². The van der Waals surface area contributed by atoms with Gasteiger partial charge in [-0.1, -0.05) is 30.3 Å². The molecule has 0 amide bonds. The fraction of sp³-hybridized carbons (Fsp3) is 0.462. The zero-order valence-electron chi connectivity index (χ0n) is 10.5. The Morgan fingerprint density at radius 3 is 2.58 bits per heavy atom. The normalized spacial score (nSPS) is 25.9. The zero-order chi connectivity index (χ0) is 13.9. The van der Waals surface area contributed by atoms with Crippen molar-refractivity contribution in [3.05, 3.63) is 35.9 Å². The standard InChI is InChI=1S/C13H17NO4S/c15-12(16)13(7-4-8-19(17,18)10-13)14-9-11-5-2-1-3-6-11/h1-3,5-6,14H,4,7-10H2,(H,15,16). The summed E-state index contributed by atoms with van der Waals surface area (Å²) in [4.78, 5) is 11.5. The van der Waals surface area contributed by atoms with E-state index in [1.165, 1.54) is 0 Å². The molecule has 1 atom stereocenters. The van der Waals surface area contributed by atoms with Crippen LogP contribution in [0.1, 0.15) is 18.4 Å². The van der Waals surface area contributed by atoms with Gasteiger partial charge >= 0.3 is 5.97 Å². The van der Waals surface area contributed by atoms with Crippen LogP contribution in [0.2, 0.25) is 0 Å². The number of nitrogens with one attached hydrogen (secondary N) is 1. The van der Waals surface area contributed by atoms with E-state index < -0.39 is 21.3 Å². The highest BCUT2D eigenvalue weighted by Crippen LogP contribution is 2.24. The van der Waals surface area contributed by atoms with Crippen molar-refractivity contribution in [2.75, 3.05) is 11.5 Å². The van der Waals surface area contributed by atoms with E-state index in [1.54, 1.807) is 0 Å². The number of carbonyl (C=O) groups is 1. The largest absolute Gasteiger partial charge is 0.480 e. The molecule has 0 bridgehead atoms. The number of benzene rings is 1. The van der Waals surface area contributed by atoms with Gasteiger partial charge in [-0.05, 0) is 18.4 Å². The monoisotopic (exact) mass is 283 g/mol. The summed E-state index contributed by atoms with van der Waals surface area (Å²) in [6.45, 7) is 0.350. The highest BCUT2D eigenvalue weighted by molar-refractivity contribution is 7.91. The predicted molar refractivity (Wildman–Crippen MR) is 71.5 cm³/mol. The summed E-state index contributed by atoms with van der Waals surface area (Å²) in [6, 6.07) is 9.35. The maximum atomic E-state index is 11.7.